The van der Waals surface area contributed by atoms with E-state index in [-0.39, 0.29) is 0 Å². The molecule has 0 aliphatic rings. The van der Waals surface area contributed by atoms with E-state index in [0.29, 0.717) is 0 Å². The Hall–Kier alpha value is -1.82. The number of allylic oxidation sites excluding steroid dienone is 4. The molecule has 0 saturated carbocycles. The SMILES string of the molecule is C=Cc1c(/C(C)=C\C)ccc(/C=C\C(=C)C)c1C. The van der Waals surface area contributed by atoms with Crippen LogP contribution in [0, 0.1) is 6.92 Å². The van der Waals surface area contributed by atoms with Crippen molar-refractivity contribution in [2.45, 2.75) is 27.7 Å². The first kappa shape index (κ1) is 14.2. The third-order valence-corrected chi connectivity index (χ3v) is 3.17. The molecule has 0 fully saturated rings. The Labute approximate surface area is 111 Å². The summed E-state index contributed by atoms with van der Waals surface area (Å²) in [5, 5.41) is 0. The van der Waals surface area contributed by atoms with Crippen LogP contribution < -0.4 is 0 Å². The molecule has 0 atom stereocenters. The molecule has 0 heteroatoms. The molecule has 0 bridgehead atoms. The zero-order valence-electron chi connectivity index (χ0n) is 11.9. The molecular weight excluding hydrogens is 216 g/mol. The third-order valence-electron chi connectivity index (χ3n) is 3.17. The highest BCUT2D eigenvalue weighted by atomic mass is 14.1. The van der Waals surface area contributed by atoms with Gasteiger partial charge in [0.15, 0.2) is 0 Å². The van der Waals surface area contributed by atoms with Crippen LogP contribution in [0.1, 0.15) is 43.0 Å². The topological polar surface area (TPSA) is 0 Å². The van der Waals surface area contributed by atoms with Crippen LogP contribution in [0.15, 0.2) is 43.0 Å². The lowest BCUT2D eigenvalue weighted by molar-refractivity contribution is 1.38. The summed E-state index contributed by atoms with van der Waals surface area (Å²) in [5.41, 5.74) is 7.31. The van der Waals surface area contributed by atoms with E-state index in [1.54, 1.807) is 0 Å². The first-order chi connectivity index (χ1) is 8.51. The maximum atomic E-state index is 3.94. The molecule has 0 aliphatic carbocycles. The van der Waals surface area contributed by atoms with Crippen molar-refractivity contribution in [3.63, 3.8) is 0 Å². The van der Waals surface area contributed by atoms with Crippen LogP contribution in [0.5, 0.6) is 0 Å². The monoisotopic (exact) mass is 238 g/mol. The molecule has 0 aliphatic heterocycles. The van der Waals surface area contributed by atoms with Crippen LogP contribution in [0.3, 0.4) is 0 Å². The highest BCUT2D eigenvalue weighted by Crippen LogP contribution is 2.26. The molecule has 18 heavy (non-hydrogen) atoms. The Kier molecular flexibility index (Phi) is 4.91. The Balaban J connectivity index is 3.37. The van der Waals surface area contributed by atoms with Crippen LogP contribution in [0.4, 0.5) is 0 Å². The smallest absolute Gasteiger partial charge is 0.0152 e. The third kappa shape index (κ3) is 3.10. The summed E-state index contributed by atoms with van der Waals surface area (Å²) < 4.78 is 0. The summed E-state index contributed by atoms with van der Waals surface area (Å²) in [5.74, 6) is 0. The van der Waals surface area contributed by atoms with Gasteiger partial charge in [0.1, 0.15) is 0 Å². The fourth-order valence-corrected chi connectivity index (χ4v) is 1.92. The number of rotatable bonds is 4. The molecule has 0 unspecified atom stereocenters. The fourth-order valence-electron chi connectivity index (χ4n) is 1.92. The molecule has 0 amide bonds. The van der Waals surface area contributed by atoms with Gasteiger partial charge in [0, 0.05) is 0 Å². The molecule has 0 saturated heterocycles. The minimum absolute atomic E-state index is 1.06. The van der Waals surface area contributed by atoms with E-state index < -0.39 is 0 Å². The van der Waals surface area contributed by atoms with Crippen molar-refractivity contribution in [1.29, 1.82) is 0 Å². The van der Waals surface area contributed by atoms with E-state index in [1.165, 1.54) is 27.8 Å². The van der Waals surface area contributed by atoms with Crippen molar-refractivity contribution in [2.75, 3.05) is 0 Å². The van der Waals surface area contributed by atoms with Crippen molar-refractivity contribution in [2.24, 2.45) is 0 Å². The van der Waals surface area contributed by atoms with Gasteiger partial charge in [-0.2, -0.15) is 0 Å². The molecule has 0 spiro atoms. The number of benzene rings is 1. The molecule has 0 N–H and O–H groups in total. The Morgan fingerprint density at radius 1 is 1.22 bits per heavy atom. The Bertz CT molecular complexity index is 525. The van der Waals surface area contributed by atoms with Gasteiger partial charge in [0.05, 0.1) is 0 Å². The summed E-state index contributed by atoms with van der Waals surface area (Å²) >= 11 is 0. The molecule has 0 radical (unpaired) electrons. The largest absolute Gasteiger partial charge is 0.0984 e. The van der Waals surface area contributed by atoms with Gasteiger partial charge in [0.2, 0.25) is 0 Å². The lowest BCUT2D eigenvalue weighted by atomic mass is 9.92. The summed E-state index contributed by atoms with van der Waals surface area (Å²) in [4.78, 5) is 0. The zero-order chi connectivity index (χ0) is 13.7. The highest BCUT2D eigenvalue weighted by Gasteiger charge is 2.06. The minimum Gasteiger partial charge on any atom is -0.0984 e. The first-order valence-electron chi connectivity index (χ1n) is 6.24. The molecule has 0 heterocycles. The van der Waals surface area contributed by atoms with Gasteiger partial charge in [-0.1, -0.05) is 55.2 Å². The van der Waals surface area contributed by atoms with Crippen molar-refractivity contribution in [1.82, 2.24) is 0 Å². The average molecular weight is 238 g/mol. The molecule has 94 valence electrons. The summed E-state index contributed by atoms with van der Waals surface area (Å²) in [6.45, 7) is 16.2. The van der Waals surface area contributed by atoms with Gasteiger partial charge >= 0.3 is 0 Å². The first-order valence-corrected chi connectivity index (χ1v) is 6.24. The molecular formula is C18H22. The van der Waals surface area contributed by atoms with Crippen LogP contribution >= 0.6 is 0 Å². The molecule has 1 rings (SSSR count). The fraction of sp³-hybridized carbons (Fsp3) is 0.222. The number of hydrogen-bond acceptors (Lipinski definition) is 0. The molecule has 0 aromatic heterocycles. The van der Waals surface area contributed by atoms with E-state index >= 15 is 0 Å². The predicted octanol–water partition coefficient (Wildman–Crippen LogP) is 5.65. The van der Waals surface area contributed by atoms with Crippen LogP contribution in [-0.4, -0.2) is 0 Å². The van der Waals surface area contributed by atoms with E-state index in [4.69, 9.17) is 0 Å². The second kappa shape index (κ2) is 6.20. The lowest BCUT2D eigenvalue weighted by Gasteiger charge is -2.12. The summed E-state index contributed by atoms with van der Waals surface area (Å²) in [6.07, 6.45) is 8.22. The zero-order valence-corrected chi connectivity index (χ0v) is 11.9. The Morgan fingerprint density at radius 2 is 1.89 bits per heavy atom. The van der Waals surface area contributed by atoms with E-state index in [1.807, 2.05) is 19.1 Å². The molecule has 1 aromatic carbocycles. The van der Waals surface area contributed by atoms with Gasteiger partial charge in [-0.25, -0.2) is 0 Å². The van der Waals surface area contributed by atoms with Crippen LogP contribution in [0.25, 0.3) is 17.7 Å². The van der Waals surface area contributed by atoms with Gasteiger partial charge in [-0.05, 0) is 55.5 Å². The van der Waals surface area contributed by atoms with Crippen molar-refractivity contribution in [3.8, 4) is 0 Å². The van der Waals surface area contributed by atoms with Gasteiger partial charge in [-0.3, -0.25) is 0 Å². The van der Waals surface area contributed by atoms with E-state index in [9.17, 15) is 0 Å². The molecule has 1 aromatic rings. The lowest BCUT2D eigenvalue weighted by Crippen LogP contribution is -1.93. The van der Waals surface area contributed by atoms with Crippen LogP contribution in [0.2, 0.25) is 0 Å². The minimum atomic E-state index is 1.06. The Morgan fingerprint density at radius 3 is 2.39 bits per heavy atom. The van der Waals surface area contributed by atoms with Gasteiger partial charge < -0.3 is 0 Å². The van der Waals surface area contributed by atoms with Crippen LogP contribution in [-0.2, 0) is 0 Å². The predicted molar refractivity (Wildman–Crippen MR) is 84.4 cm³/mol. The van der Waals surface area contributed by atoms with E-state index in [2.05, 4.69) is 58.2 Å². The highest BCUT2D eigenvalue weighted by molar-refractivity contribution is 5.77. The number of hydrogen-bond donors (Lipinski definition) is 0. The average Bonchev–Trinajstić information content (AvgIpc) is 2.35. The maximum absolute atomic E-state index is 3.94. The summed E-state index contributed by atoms with van der Waals surface area (Å²) in [7, 11) is 0. The second-order valence-corrected chi connectivity index (χ2v) is 4.60. The quantitative estimate of drug-likeness (QED) is 0.594. The van der Waals surface area contributed by atoms with E-state index in [0.717, 1.165) is 5.57 Å². The van der Waals surface area contributed by atoms with Gasteiger partial charge in [-0.15, -0.1) is 0 Å². The standard InChI is InChI=1S/C18H22/c1-7-14(5)18-12-11-16(10-9-13(3)4)15(6)17(18)8-2/h7-12H,2-3H2,1,4-6H3/b10-9-,14-7-. The second-order valence-electron chi connectivity index (χ2n) is 4.60. The molecule has 0 nitrogen and oxygen atoms in total. The maximum Gasteiger partial charge on any atom is -0.0152 e. The summed E-state index contributed by atoms with van der Waals surface area (Å²) in [6, 6.07) is 4.32. The normalized spacial score (nSPS) is 11.9. The van der Waals surface area contributed by atoms with Crippen molar-refractivity contribution >= 4 is 17.7 Å². The van der Waals surface area contributed by atoms with Crippen molar-refractivity contribution in [3.05, 3.63) is 65.3 Å². The van der Waals surface area contributed by atoms with Gasteiger partial charge in [0.25, 0.3) is 0 Å². The van der Waals surface area contributed by atoms with Crippen molar-refractivity contribution < 1.29 is 0 Å².